The van der Waals surface area contributed by atoms with Gasteiger partial charge in [0.1, 0.15) is 17.2 Å². The molecule has 2 nitrogen and oxygen atoms in total. The van der Waals surface area contributed by atoms with Crippen molar-refractivity contribution in [3.8, 4) is 0 Å². The van der Waals surface area contributed by atoms with Crippen LogP contribution in [-0.2, 0) is 10.3 Å². The lowest BCUT2D eigenvalue weighted by molar-refractivity contribution is 0.0861. The summed E-state index contributed by atoms with van der Waals surface area (Å²) >= 11 is 0. The quantitative estimate of drug-likeness (QED) is 0.735. The number of hydrogen-bond acceptors (Lipinski definition) is 2. The van der Waals surface area contributed by atoms with Crippen molar-refractivity contribution in [3.63, 3.8) is 0 Å². The summed E-state index contributed by atoms with van der Waals surface area (Å²) in [5.41, 5.74) is -0.945. The number of epoxide rings is 1. The first-order chi connectivity index (χ1) is 6.56. The fourth-order valence-corrected chi connectivity index (χ4v) is 1.52. The van der Waals surface area contributed by atoms with E-state index in [1.165, 1.54) is 6.92 Å². The Morgan fingerprint density at radius 2 is 2.14 bits per heavy atom. The minimum Gasteiger partial charge on any atom is -0.390 e. The van der Waals surface area contributed by atoms with Crippen LogP contribution in [0.3, 0.4) is 0 Å². The van der Waals surface area contributed by atoms with Crippen LogP contribution < -0.4 is 0 Å². The van der Waals surface area contributed by atoms with Crippen molar-refractivity contribution in [2.75, 3.05) is 6.61 Å². The number of aliphatic hydroxyl groups is 1. The molecule has 1 N–H and O–H groups in total. The molecule has 0 aliphatic carbocycles. The summed E-state index contributed by atoms with van der Waals surface area (Å²) in [6.07, 6.45) is -0.848. The molecule has 76 valence electrons. The van der Waals surface area contributed by atoms with E-state index < -0.39 is 23.3 Å². The zero-order chi connectivity index (χ0) is 10.3. The summed E-state index contributed by atoms with van der Waals surface area (Å²) in [5, 5.41) is 9.40. The number of ether oxygens (including phenoxy) is 1. The lowest BCUT2D eigenvalue weighted by atomic mass is 9.94. The van der Waals surface area contributed by atoms with Gasteiger partial charge >= 0.3 is 0 Å². The van der Waals surface area contributed by atoms with Gasteiger partial charge in [0.2, 0.25) is 0 Å². The van der Waals surface area contributed by atoms with Gasteiger partial charge in [0.15, 0.2) is 0 Å². The van der Waals surface area contributed by atoms with Gasteiger partial charge < -0.3 is 9.84 Å². The molecule has 1 aromatic carbocycles. The van der Waals surface area contributed by atoms with Crippen molar-refractivity contribution in [1.82, 2.24) is 0 Å². The van der Waals surface area contributed by atoms with Crippen LogP contribution in [-0.4, -0.2) is 17.8 Å². The molecular weight excluding hydrogens is 190 g/mol. The first kappa shape index (κ1) is 9.55. The number of benzene rings is 1. The van der Waals surface area contributed by atoms with Gasteiger partial charge in [-0.05, 0) is 25.1 Å². The maximum atomic E-state index is 13.3. The lowest BCUT2D eigenvalue weighted by Crippen LogP contribution is -2.25. The van der Waals surface area contributed by atoms with Gasteiger partial charge in [-0.25, -0.2) is 8.78 Å². The average molecular weight is 200 g/mol. The smallest absolute Gasteiger partial charge is 0.145 e. The van der Waals surface area contributed by atoms with Crippen LogP contribution in [0.5, 0.6) is 0 Å². The van der Waals surface area contributed by atoms with Crippen molar-refractivity contribution in [3.05, 3.63) is 35.4 Å². The molecule has 0 aromatic heterocycles. The molecule has 14 heavy (non-hydrogen) atoms. The minimum atomic E-state index is -1.04. The van der Waals surface area contributed by atoms with Crippen LogP contribution in [0.4, 0.5) is 8.78 Å². The van der Waals surface area contributed by atoms with Gasteiger partial charge in [-0.1, -0.05) is 0 Å². The molecule has 1 heterocycles. The maximum absolute atomic E-state index is 13.3. The molecule has 0 saturated carbocycles. The Kier molecular flexibility index (Phi) is 2.05. The van der Waals surface area contributed by atoms with E-state index in [1.54, 1.807) is 0 Å². The van der Waals surface area contributed by atoms with E-state index in [1.807, 2.05) is 0 Å². The second-order valence-electron chi connectivity index (χ2n) is 3.48. The summed E-state index contributed by atoms with van der Waals surface area (Å²) in [6.45, 7) is 1.72. The second kappa shape index (κ2) is 3.00. The fourth-order valence-electron chi connectivity index (χ4n) is 1.52. The van der Waals surface area contributed by atoms with E-state index in [-0.39, 0.29) is 12.2 Å². The molecule has 1 aromatic rings. The summed E-state index contributed by atoms with van der Waals surface area (Å²) in [4.78, 5) is 0. The highest BCUT2D eigenvalue weighted by Gasteiger charge is 2.52. The first-order valence-corrected chi connectivity index (χ1v) is 4.34. The fraction of sp³-hybridized carbons (Fsp3) is 0.400. The third-order valence-electron chi connectivity index (χ3n) is 2.51. The zero-order valence-electron chi connectivity index (χ0n) is 7.63. The molecule has 0 amide bonds. The highest BCUT2D eigenvalue weighted by molar-refractivity contribution is 5.30. The molecule has 2 atom stereocenters. The van der Waals surface area contributed by atoms with E-state index in [2.05, 4.69) is 0 Å². The van der Waals surface area contributed by atoms with Crippen molar-refractivity contribution < 1.29 is 18.6 Å². The highest BCUT2D eigenvalue weighted by Crippen LogP contribution is 2.43. The van der Waals surface area contributed by atoms with E-state index >= 15 is 0 Å². The highest BCUT2D eigenvalue weighted by atomic mass is 19.1. The molecule has 1 saturated heterocycles. The Morgan fingerprint density at radius 1 is 1.50 bits per heavy atom. The Hall–Kier alpha value is -1.00. The number of aliphatic hydroxyl groups excluding tert-OH is 1. The third-order valence-corrected chi connectivity index (χ3v) is 2.51. The molecule has 1 fully saturated rings. The van der Waals surface area contributed by atoms with E-state index in [0.29, 0.717) is 0 Å². The predicted molar refractivity (Wildman–Crippen MR) is 45.7 cm³/mol. The lowest BCUT2D eigenvalue weighted by Gasteiger charge is -2.15. The molecule has 0 bridgehead atoms. The van der Waals surface area contributed by atoms with Gasteiger partial charge in [0.05, 0.1) is 12.7 Å². The zero-order valence-corrected chi connectivity index (χ0v) is 7.63. The van der Waals surface area contributed by atoms with Crippen molar-refractivity contribution >= 4 is 0 Å². The summed E-state index contributed by atoms with van der Waals surface area (Å²) in [5.74, 6) is -1.08. The minimum absolute atomic E-state index is 0.0903. The largest absolute Gasteiger partial charge is 0.390 e. The van der Waals surface area contributed by atoms with Crippen LogP contribution in [0.1, 0.15) is 12.5 Å². The van der Waals surface area contributed by atoms with Gasteiger partial charge in [-0.2, -0.15) is 0 Å². The standard InChI is InChI=1S/C10H10F2O2/c1-6(13)10(5-14-10)8-4-7(11)2-3-9(8)12/h2-4,6,13H,5H2,1H3/t6-,10-/m0/s1. The molecule has 4 heteroatoms. The third kappa shape index (κ3) is 1.31. The number of halogens is 2. The van der Waals surface area contributed by atoms with Crippen LogP contribution in [0.25, 0.3) is 0 Å². The van der Waals surface area contributed by atoms with E-state index in [4.69, 9.17) is 4.74 Å². The number of rotatable bonds is 2. The molecular formula is C10H10F2O2. The van der Waals surface area contributed by atoms with Gasteiger partial charge in [-0.15, -0.1) is 0 Å². The van der Waals surface area contributed by atoms with Crippen molar-refractivity contribution in [1.29, 1.82) is 0 Å². The van der Waals surface area contributed by atoms with Crippen LogP contribution in [0, 0.1) is 11.6 Å². The van der Waals surface area contributed by atoms with Crippen LogP contribution >= 0.6 is 0 Å². The van der Waals surface area contributed by atoms with Crippen LogP contribution in [0.2, 0.25) is 0 Å². The van der Waals surface area contributed by atoms with E-state index in [0.717, 1.165) is 18.2 Å². The average Bonchev–Trinajstić information content (AvgIpc) is 2.90. The Bertz CT molecular complexity index is 359. The monoisotopic (exact) mass is 200 g/mol. The summed E-state index contributed by atoms with van der Waals surface area (Å²) in [7, 11) is 0. The van der Waals surface area contributed by atoms with Crippen molar-refractivity contribution in [2.45, 2.75) is 18.6 Å². The molecule has 1 aliphatic rings. The Morgan fingerprint density at radius 3 is 2.64 bits per heavy atom. The summed E-state index contributed by atoms with van der Waals surface area (Å²) < 4.78 is 31.2. The number of hydrogen-bond donors (Lipinski definition) is 1. The Balaban J connectivity index is 2.46. The molecule has 2 rings (SSSR count). The van der Waals surface area contributed by atoms with E-state index in [9.17, 15) is 13.9 Å². The summed E-state index contributed by atoms with van der Waals surface area (Å²) in [6, 6.07) is 3.14. The molecule has 0 spiro atoms. The normalized spacial score (nSPS) is 27.4. The van der Waals surface area contributed by atoms with Gasteiger partial charge in [-0.3, -0.25) is 0 Å². The molecule has 0 unspecified atom stereocenters. The van der Waals surface area contributed by atoms with Crippen molar-refractivity contribution in [2.24, 2.45) is 0 Å². The van der Waals surface area contributed by atoms with Gasteiger partial charge in [0.25, 0.3) is 0 Å². The van der Waals surface area contributed by atoms with Crippen LogP contribution in [0.15, 0.2) is 18.2 Å². The molecule has 1 aliphatic heterocycles. The Labute approximate surface area is 80.1 Å². The second-order valence-corrected chi connectivity index (χ2v) is 3.48. The molecule has 0 radical (unpaired) electrons. The topological polar surface area (TPSA) is 32.8 Å². The van der Waals surface area contributed by atoms with Gasteiger partial charge in [0, 0.05) is 5.56 Å². The SMILES string of the molecule is C[C@H](O)[C@]1(c2cc(F)ccc2F)CO1. The maximum Gasteiger partial charge on any atom is 0.145 e. The predicted octanol–water partition coefficient (Wildman–Crippen LogP) is 1.57. The first-order valence-electron chi connectivity index (χ1n) is 4.34.